The van der Waals surface area contributed by atoms with Crippen LogP contribution in [0.3, 0.4) is 0 Å². The van der Waals surface area contributed by atoms with Gasteiger partial charge in [0.25, 0.3) is 0 Å². The quantitative estimate of drug-likeness (QED) is 0.493. The zero-order valence-electron chi connectivity index (χ0n) is 18.4. The van der Waals surface area contributed by atoms with Gasteiger partial charge in [0.05, 0.1) is 23.9 Å². The molecule has 7 atom stereocenters. The number of carboxylic acid groups (broad SMARTS) is 1. The SMILES string of the molecule is CC(C)=CC[C@H]1O[C@]1(C)[C@H]1[C@H](C)[C@H](OC(=O)N[C@@H](C(=O)O)C(C)C)CC[C@]12CO2. The first-order valence-corrected chi connectivity index (χ1v) is 10.7. The van der Waals surface area contributed by atoms with E-state index in [1.807, 2.05) is 0 Å². The van der Waals surface area contributed by atoms with Gasteiger partial charge in [-0.2, -0.15) is 0 Å². The van der Waals surface area contributed by atoms with Crippen molar-refractivity contribution in [2.24, 2.45) is 17.8 Å². The Labute approximate surface area is 173 Å². The molecular weight excluding hydrogens is 374 g/mol. The molecule has 2 aliphatic heterocycles. The largest absolute Gasteiger partial charge is 0.480 e. The average Bonchev–Trinajstić information content (AvgIpc) is 3.51. The van der Waals surface area contributed by atoms with Gasteiger partial charge in [0, 0.05) is 11.8 Å². The zero-order chi connectivity index (χ0) is 21.6. The van der Waals surface area contributed by atoms with E-state index in [-0.39, 0.29) is 41.2 Å². The number of aliphatic carboxylic acids is 1. The molecule has 29 heavy (non-hydrogen) atoms. The average molecular weight is 410 g/mol. The fourth-order valence-electron chi connectivity index (χ4n) is 5.11. The minimum absolute atomic E-state index is 0.0565. The van der Waals surface area contributed by atoms with Crippen LogP contribution in [0.25, 0.3) is 0 Å². The van der Waals surface area contributed by atoms with Crippen molar-refractivity contribution in [1.29, 1.82) is 0 Å². The maximum Gasteiger partial charge on any atom is 0.408 e. The highest BCUT2D eigenvalue weighted by atomic mass is 16.6. The van der Waals surface area contributed by atoms with E-state index in [1.165, 1.54) is 5.57 Å². The number of carbonyl (C=O) groups is 2. The summed E-state index contributed by atoms with van der Waals surface area (Å²) in [5, 5.41) is 11.8. The van der Waals surface area contributed by atoms with Crippen molar-refractivity contribution in [3.05, 3.63) is 11.6 Å². The number of hydrogen-bond acceptors (Lipinski definition) is 5. The summed E-state index contributed by atoms with van der Waals surface area (Å²) in [4.78, 5) is 23.8. The smallest absolute Gasteiger partial charge is 0.408 e. The van der Waals surface area contributed by atoms with Crippen LogP contribution in [0.4, 0.5) is 4.79 Å². The van der Waals surface area contributed by atoms with Crippen LogP contribution in [0.2, 0.25) is 0 Å². The van der Waals surface area contributed by atoms with Crippen LogP contribution >= 0.6 is 0 Å². The summed E-state index contributed by atoms with van der Waals surface area (Å²) in [6, 6.07) is -0.965. The van der Waals surface area contributed by atoms with Crippen LogP contribution in [-0.2, 0) is 19.0 Å². The Hall–Kier alpha value is -1.60. The Morgan fingerprint density at radius 1 is 1.34 bits per heavy atom. The molecule has 0 aromatic carbocycles. The Bertz CT molecular complexity index is 681. The van der Waals surface area contributed by atoms with Crippen molar-refractivity contribution < 1.29 is 28.9 Å². The second-order valence-corrected chi connectivity index (χ2v) is 9.68. The number of rotatable bonds is 7. The number of allylic oxidation sites excluding steroid dienone is 1. The molecule has 1 aliphatic carbocycles. The van der Waals surface area contributed by atoms with Gasteiger partial charge >= 0.3 is 12.1 Å². The molecule has 164 valence electrons. The predicted octanol–water partition coefficient (Wildman–Crippen LogP) is 3.52. The molecule has 1 amide bonds. The van der Waals surface area contributed by atoms with Crippen LogP contribution in [0, 0.1) is 17.8 Å². The number of carbonyl (C=O) groups excluding carboxylic acids is 1. The molecule has 1 spiro atoms. The number of ether oxygens (including phenoxy) is 3. The number of nitrogens with one attached hydrogen (secondary N) is 1. The lowest BCUT2D eigenvalue weighted by molar-refractivity contribution is -0.140. The van der Waals surface area contributed by atoms with E-state index in [0.717, 1.165) is 19.4 Å². The number of alkyl carbamates (subject to hydrolysis) is 1. The van der Waals surface area contributed by atoms with Crippen molar-refractivity contribution >= 4 is 12.1 Å². The van der Waals surface area contributed by atoms with Crippen LogP contribution in [0.5, 0.6) is 0 Å². The zero-order valence-corrected chi connectivity index (χ0v) is 18.4. The van der Waals surface area contributed by atoms with E-state index in [4.69, 9.17) is 14.2 Å². The third-order valence-electron chi connectivity index (χ3n) is 6.85. The molecule has 3 aliphatic rings. The van der Waals surface area contributed by atoms with E-state index in [0.29, 0.717) is 6.42 Å². The molecule has 3 rings (SSSR count). The maximum atomic E-state index is 12.4. The summed E-state index contributed by atoms with van der Waals surface area (Å²) in [6.07, 6.45) is 3.79. The summed E-state index contributed by atoms with van der Waals surface area (Å²) < 4.78 is 17.8. The van der Waals surface area contributed by atoms with Gasteiger partial charge in [-0.25, -0.2) is 9.59 Å². The molecule has 0 radical (unpaired) electrons. The van der Waals surface area contributed by atoms with Crippen molar-refractivity contribution in [2.75, 3.05) is 6.61 Å². The second kappa shape index (κ2) is 7.91. The van der Waals surface area contributed by atoms with Gasteiger partial charge in [0.15, 0.2) is 0 Å². The molecule has 0 aromatic rings. The van der Waals surface area contributed by atoms with Crippen LogP contribution in [0.15, 0.2) is 11.6 Å². The lowest BCUT2D eigenvalue weighted by Gasteiger charge is -2.42. The molecule has 0 bridgehead atoms. The Morgan fingerprint density at radius 2 is 2.00 bits per heavy atom. The standard InChI is InChI=1S/C22H35NO6/c1-12(2)7-8-16-21(6,29-16)18-14(5)15(9-10-22(18)11-27-22)28-20(26)23-17(13(3)4)19(24)25/h7,13-18H,8-11H2,1-6H3,(H,23,26)(H,24,25)/t14-,15-,16-,17-,18-,21+,22+/m1/s1. The number of amides is 1. The molecule has 0 aromatic heterocycles. The highest BCUT2D eigenvalue weighted by molar-refractivity contribution is 5.80. The van der Waals surface area contributed by atoms with E-state index in [2.05, 4.69) is 39.1 Å². The molecule has 3 fully saturated rings. The highest BCUT2D eigenvalue weighted by Gasteiger charge is 2.70. The van der Waals surface area contributed by atoms with Crippen molar-refractivity contribution in [3.63, 3.8) is 0 Å². The van der Waals surface area contributed by atoms with Gasteiger partial charge in [0.1, 0.15) is 12.1 Å². The fourth-order valence-corrected chi connectivity index (χ4v) is 5.11. The monoisotopic (exact) mass is 409 g/mol. The number of epoxide rings is 2. The molecular formula is C22H35NO6. The Balaban J connectivity index is 1.66. The Morgan fingerprint density at radius 3 is 2.52 bits per heavy atom. The molecule has 7 nitrogen and oxygen atoms in total. The van der Waals surface area contributed by atoms with Crippen molar-refractivity contribution in [2.45, 2.75) is 90.3 Å². The second-order valence-electron chi connectivity index (χ2n) is 9.68. The van der Waals surface area contributed by atoms with Gasteiger partial charge in [-0.05, 0) is 46.0 Å². The summed E-state index contributed by atoms with van der Waals surface area (Å²) >= 11 is 0. The first kappa shape index (κ1) is 22.1. The van der Waals surface area contributed by atoms with Gasteiger partial charge < -0.3 is 24.6 Å². The molecule has 0 unspecified atom stereocenters. The summed E-state index contributed by atoms with van der Waals surface area (Å²) in [5.41, 5.74) is 0.807. The lowest BCUT2D eigenvalue weighted by atomic mass is 9.64. The minimum atomic E-state index is -1.06. The van der Waals surface area contributed by atoms with Gasteiger partial charge in [-0.15, -0.1) is 0 Å². The summed E-state index contributed by atoms with van der Waals surface area (Å²) in [6.45, 7) is 12.6. The van der Waals surface area contributed by atoms with Gasteiger partial charge in [-0.1, -0.05) is 32.4 Å². The first-order chi connectivity index (χ1) is 13.5. The molecule has 7 heteroatoms. The van der Waals surface area contributed by atoms with Crippen LogP contribution in [-0.4, -0.2) is 53.2 Å². The molecule has 2 N–H and O–H groups in total. The van der Waals surface area contributed by atoms with Gasteiger partial charge in [0.2, 0.25) is 0 Å². The predicted molar refractivity (Wildman–Crippen MR) is 108 cm³/mol. The topological polar surface area (TPSA) is 101 Å². The van der Waals surface area contributed by atoms with E-state index in [1.54, 1.807) is 13.8 Å². The van der Waals surface area contributed by atoms with Crippen LogP contribution < -0.4 is 5.32 Å². The molecule has 2 heterocycles. The fraction of sp³-hybridized carbons (Fsp3) is 0.818. The summed E-state index contributed by atoms with van der Waals surface area (Å²) in [5.74, 6) is -1.09. The lowest BCUT2D eigenvalue weighted by Crippen LogP contribution is -2.52. The van der Waals surface area contributed by atoms with Gasteiger partial charge in [-0.3, -0.25) is 0 Å². The Kier molecular flexibility index (Phi) is 6.03. The first-order valence-electron chi connectivity index (χ1n) is 10.7. The maximum absolute atomic E-state index is 12.4. The third kappa shape index (κ3) is 4.45. The van der Waals surface area contributed by atoms with Crippen LogP contribution in [0.1, 0.15) is 60.8 Å². The minimum Gasteiger partial charge on any atom is -0.480 e. The van der Waals surface area contributed by atoms with Crippen molar-refractivity contribution in [3.8, 4) is 0 Å². The van der Waals surface area contributed by atoms with E-state index in [9.17, 15) is 14.7 Å². The van der Waals surface area contributed by atoms with E-state index >= 15 is 0 Å². The normalized spacial score (nSPS) is 39.0. The molecule has 1 saturated carbocycles. The van der Waals surface area contributed by atoms with Crippen molar-refractivity contribution in [1.82, 2.24) is 5.32 Å². The highest BCUT2D eigenvalue weighted by Crippen LogP contribution is 2.60. The van der Waals surface area contributed by atoms with E-state index < -0.39 is 18.1 Å². The number of hydrogen-bond donors (Lipinski definition) is 2. The number of carboxylic acids is 1. The molecule has 2 saturated heterocycles. The summed E-state index contributed by atoms with van der Waals surface area (Å²) in [7, 11) is 0. The third-order valence-corrected chi connectivity index (χ3v) is 6.85.